The van der Waals surface area contributed by atoms with Crippen LogP contribution in [0.2, 0.25) is 10.0 Å². The molecule has 92 valence electrons. The van der Waals surface area contributed by atoms with E-state index in [0.29, 0.717) is 21.3 Å². The first-order valence-electron chi connectivity index (χ1n) is 5.28. The Kier molecular flexibility index (Phi) is 4.07. The largest absolute Gasteiger partial charge is 0.298 e. The first-order valence-corrected chi connectivity index (χ1v) is 6.04. The van der Waals surface area contributed by atoms with E-state index in [2.05, 4.69) is 10.9 Å². The van der Waals surface area contributed by atoms with Gasteiger partial charge in [0.15, 0.2) is 0 Å². The van der Waals surface area contributed by atoms with Gasteiger partial charge in [-0.1, -0.05) is 47.5 Å². The lowest BCUT2D eigenvalue weighted by Gasteiger charge is -2.12. The number of hydrazine groups is 1. The van der Waals surface area contributed by atoms with Gasteiger partial charge in [-0.25, -0.2) is 0 Å². The lowest BCUT2D eigenvalue weighted by Crippen LogP contribution is -2.29. The Bertz CT molecular complexity index is 570. The van der Waals surface area contributed by atoms with Gasteiger partial charge in [-0.15, -0.1) is 0 Å². The van der Waals surface area contributed by atoms with Crippen LogP contribution in [0.5, 0.6) is 0 Å². The van der Waals surface area contributed by atoms with Crippen molar-refractivity contribution in [3.8, 4) is 0 Å². The van der Waals surface area contributed by atoms with Gasteiger partial charge in [-0.05, 0) is 24.3 Å². The van der Waals surface area contributed by atoms with Gasteiger partial charge >= 0.3 is 0 Å². The molecule has 2 aromatic carbocycles. The van der Waals surface area contributed by atoms with Gasteiger partial charge < -0.3 is 0 Å². The fraction of sp³-hybridized carbons (Fsp3) is 0. The monoisotopic (exact) mass is 279 g/mol. The Morgan fingerprint density at radius 3 is 2.17 bits per heavy atom. The van der Waals surface area contributed by atoms with Crippen molar-refractivity contribution < 1.29 is 0 Å². The van der Waals surface area contributed by atoms with E-state index in [0.717, 1.165) is 0 Å². The molecule has 0 saturated carbocycles. The molecule has 2 rings (SSSR count). The molecule has 2 aromatic rings. The number of rotatable bonds is 3. The topological polar surface area (TPSA) is 47.9 Å². The first kappa shape index (κ1) is 12.7. The van der Waals surface area contributed by atoms with E-state index in [1.54, 1.807) is 18.2 Å². The Balaban J connectivity index is 2.06. The van der Waals surface area contributed by atoms with Crippen LogP contribution in [0.1, 0.15) is 5.56 Å². The predicted octanol–water partition coefficient (Wildman–Crippen LogP) is 3.94. The van der Waals surface area contributed by atoms with E-state index in [9.17, 15) is 0 Å². The third kappa shape index (κ3) is 2.94. The van der Waals surface area contributed by atoms with E-state index in [1.807, 2.05) is 30.3 Å². The second-order valence-electron chi connectivity index (χ2n) is 3.58. The number of nitrogens with one attached hydrogen (secondary N) is 3. The summed E-state index contributed by atoms with van der Waals surface area (Å²) in [4.78, 5) is 0. The van der Waals surface area contributed by atoms with Gasteiger partial charge in [0.25, 0.3) is 0 Å². The molecule has 0 bridgehead atoms. The highest BCUT2D eigenvalue weighted by molar-refractivity contribution is 6.34. The minimum absolute atomic E-state index is 0.181. The lowest BCUT2D eigenvalue weighted by molar-refractivity contribution is 1.10. The molecule has 3 N–H and O–H groups in total. The van der Waals surface area contributed by atoms with Gasteiger partial charge in [0.2, 0.25) is 0 Å². The molecule has 0 amide bonds. The van der Waals surface area contributed by atoms with Crippen molar-refractivity contribution in [1.29, 1.82) is 5.41 Å². The molecule has 0 saturated heterocycles. The molecule has 0 fully saturated rings. The molecular formula is C13H11Cl2N3. The average molecular weight is 280 g/mol. The molecule has 0 aromatic heterocycles. The highest BCUT2D eigenvalue weighted by atomic mass is 35.5. The SMILES string of the molecule is N=C(NNc1ccccc1Cl)c1ccccc1Cl. The van der Waals surface area contributed by atoms with Crippen molar-refractivity contribution in [3.63, 3.8) is 0 Å². The van der Waals surface area contributed by atoms with Crippen molar-refractivity contribution in [2.24, 2.45) is 0 Å². The predicted molar refractivity (Wildman–Crippen MR) is 76.5 cm³/mol. The zero-order valence-corrected chi connectivity index (χ0v) is 10.9. The summed E-state index contributed by atoms with van der Waals surface area (Å²) in [5, 5.41) is 8.99. The fourth-order valence-corrected chi connectivity index (χ4v) is 1.84. The highest BCUT2D eigenvalue weighted by Crippen LogP contribution is 2.20. The van der Waals surface area contributed by atoms with Crippen molar-refractivity contribution in [1.82, 2.24) is 5.43 Å². The van der Waals surface area contributed by atoms with Crippen LogP contribution in [-0.4, -0.2) is 5.84 Å². The molecule has 0 atom stereocenters. The summed E-state index contributed by atoms with van der Waals surface area (Å²) in [7, 11) is 0. The molecule has 3 nitrogen and oxygen atoms in total. The molecular weight excluding hydrogens is 269 g/mol. The normalized spacial score (nSPS) is 9.89. The summed E-state index contributed by atoms with van der Waals surface area (Å²) in [5.41, 5.74) is 6.96. The van der Waals surface area contributed by atoms with Crippen molar-refractivity contribution >= 4 is 34.7 Å². The molecule has 0 radical (unpaired) electrons. The molecule has 18 heavy (non-hydrogen) atoms. The molecule has 0 aliphatic heterocycles. The van der Waals surface area contributed by atoms with E-state index >= 15 is 0 Å². The summed E-state index contributed by atoms with van der Waals surface area (Å²) in [6.07, 6.45) is 0. The standard InChI is InChI=1S/C13H11Cl2N3/c14-10-6-2-1-5-9(10)13(16)18-17-12-8-4-3-7-11(12)15/h1-8,17H,(H2,16,18). The second-order valence-corrected chi connectivity index (χ2v) is 4.40. The Labute approximate surface area is 115 Å². The molecule has 0 aliphatic rings. The number of para-hydroxylation sites is 1. The quantitative estimate of drug-likeness (QED) is 0.453. The van der Waals surface area contributed by atoms with Crippen LogP contribution < -0.4 is 10.9 Å². The number of benzene rings is 2. The Morgan fingerprint density at radius 2 is 1.50 bits per heavy atom. The van der Waals surface area contributed by atoms with E-state index < -0.39 is 0 Å². The maximum atomic E-state index is 7.89. The van der Waals surface area contributed by atoms with Crippen LogP contribution in [0.3, 0.4) is 0 Å². The average Bonchev–Trinajstić information content (AvgIpc) is 2.38. The summed E-state index contributed by atoms with van der Waals surface area (Å²) < 4.78 is 0. The molecule has 0 spiro atoms. The fourth-order valence-electron chi connectivity index (χ4n) is 1.42. The molecule has 0 heterocycles. The third-order valence-corrected chi connectivity index (χ3v) is 3.00. The molecule has 5 heteroatoms. The van der Waals surface area contributed by atoms with Crippen molar-refractivity contribution in [2.45, 2.75) is 0 Å². The summed E-state index contributed by atoms with van der Waals surface area (Å²) in [6.45, 7) is 0. The van der Waals surface area contributed by atoms with E-state index in [1.165, 1.54) is 0 Å². The minimum Gasteiger partial charge on any atom is -0.298 e. The van der Waals surface area contributed by atoms with Crippen LogP contribution in [0.4, 0.5) is 5.69 Å². The number of hydrogen-bond acceptors (Lipinski definition) is 2. The Morgan fingerprint density at radius 1 is 0.889 bits per heavy atom. The maximum Gasteiger partial charge on any atom is 0.145 e. The first-order chi connectivity index (χ1) is 8.68. The zero-order chi connectivity index (χ0) is 13.0. The summed E-state index contributed by atoms with van der Waals surface area (Å²) in [5.74, 6) is 0.181. The summed E-state index contributed by atoms with van der Waals surface area (Å²) >= 11 is 12.0. The zero-order valence-electron chi connectivity index (χ0n) is 9.37. The van der Waals surface area contributed by atoms with Crippen LogP contribution >= 0.6 is 23.2 Å². The van der Waals surface area contributed by atoms with Crippen LogP contribution in [-0.2, 0) is 0 Å². The lowest BCUT2D eigenvalue weighted by atomic mass is 10.2. The van der Waals surface area contributed by atoms with Crippen LogP contribution in [0, 0.1) is 5.41 Å². The number of hydrogen-bond donors (Lipinski definition) is 3. The molecule has 0 aliphatic carbocycles. The van der Waals surface area contributed by atoms with Crippen LogP contribution in [0.25, 0.3) is 0 Å². The Hall–Kier alpha value is -1.71. The second kappa shape index (κ2) is 5.76. The van der Waals surface area contributed by atoms with Crippen LogP contribution in [0.15, 0.2) is 48.5 Å². The number of amidine groups is 1. The van der Waals surface area contributed by atoms with Crippen molar-refractivity contribution in [3.05, 3.63) is 64.1 Å². The third-order valence-electron chi connectivity index (χ3n) is 2.34. The smallest absolute Gasteiger partial charge is 0.145 e. The molecule has 0 unspecified atom stereocenters. The van der Waals surface area contributed by atoms with Gasteiger partial charge in [-0.2, -0.15) is 0 Å². The summed E-state index contributed by atoms with van der Waals surface area (Å²) in [6, 6.07) is 14.4. The highest BCUT2D eigenvalue weighted by Gasteiger charge is 2.05. The van der Waals surface area contributed by atoms with E-state index in [-0.39, 0.29) is 5.84 Å². The number of halogens is 2. The van der Waals surface area contributed by atoms with Gasteiger partial charge in [-0.3, -0.25) is 16.3 Å². The maximum absolute atomic E-state index is 7.89. The minimum atomic E-state index is 0.181. The van der Waals surface area contributed by atoms with E-state index in [4.69, 9.17) is 28.6 Å². The number of anilines is 1. The van der Waals surface area contributed by atoms with Gasteiger partial charge in [0.1, 0.15) is 5.84 Å². The van der Waals surface area contributed by atoms with Gasteiger partial charge in [0.05, 0.1) is 15.7 Å². The van der Waals surface area contributed by atoms with Crippen molar-refractivity contribution in [2.75, 3.05) is 5.43 Å². The van der Waals surface area contributed by atoms with Gasteiger partial charge in [0, 0.05) is 5.56 Å².